The summed E-state index contributed by atoms with van der Waals surface area (Å²) in [5.74, 6) is 0. The zero-order valence-corrected chi connectivity index (χ0v) is 10.1. The van der Waals surface area contributed by atoms with E-state index >= 15 is 0 Å². The molecule has 18 heavy (non-hydrogen) atoms. The molecule has 1 aromatic heterocycles. The van der Waals surface area contributed by atoms with Crippen molar-refractivity contribution in [1.82, 2.24) is 4.98 Å². The van der Waals surface area contributed by atoms with Gasteiger partial charge >= 0.3 is 0 Å². The van der Waals surface area contributed by atoms with E-state index in [9.17, 15) is 0 Å². The van der Waals surface area contributed by atoms with Gasteiger partial charge in [-0.25, -0.2) is 0 Å². The van der Waals surface area contributed by atoms with Crippen LogP contribution in [0.3, 0.4) is 0 Å². The molecular weight excluding hydrogens is 220 g/mol. The molecule has 0 aliphatic heterocycles. The quantitative estimate of drug-likeness (QED) is 0.676. The van der Waals surface area contributed by atoms with E-state index in [2.05, 4.69) is 36.2 Å². The first-order valence-electron chi connectivity index (χ1n) is 5.87. The van der Waals surface area contributed by atoms with Crippen molar-refractivity contribution in [3.05, 3.63) is 59.7 Å². The van der Waals surface area contributed by atoms with Crippen LogP contribution in [0.4, 0.5) is 0 Å². The number of hydrogen-bond acceptors (Lipinski definition) is 1. The molecule has 1 N–H and O–H groups in total. The summed E-state index contributed by atoms with van der Waals surface area (Å²) >= 11 is 0. The fourth-order valence-corrected chi connectivity index (χ4v) is 2.22. The standard InChI is InChI=1S/C16H12N2/c1-11-4-2-3-5-14(11)16-9-13-8-12(10-17)6-7-15(13)18-16/h2-9,18H,1H3. The van der Waals surface area contributed by atoms with Gasteiger partial charge in [-0.3, -0.25) is 0 Å². The number of aromatic nitrogens is 1. The van der Waals surface area contributed by atoms with Crippen molar-refractivity contribution in [1.29, 1.82) is 5.26 Å². The first-order chi connectivity index (χ1) is 8.78. The topological polar surface area (TPSA) is 39.6 Å². The Labute approximate surface area is 106 Å². The number of nitriles is 1. The number of hydrogen-bond donors (Lipinski definition) is 1. The Morgan fingerprint density at radius 3 is 2.67 bits per heavy atom. The van der Waals surface area contributed by atoms with Gasteiger partial charge in [0, 0.05) is 22.2 Å². The summed E-state index contributed by atoms with van der Waals surface area (Å²) in [7, 11) is 0. The molecule has 0 atom stereocenters. The van der Waals surface area contributed by atoms with Crippen molar-refractivity contribution in [3.63, 3.8) is 0 Å². The van der Waals surface area contributed by atoms with Crippen molar-refractivity contribution in [2.24, 2.45) is 0 Å². The van der Waals surface area contributed by atoms with Gasteiger partial charge in [-0.15, -0.1) is 0 Å². The second-order valence-corrected chi connectivity index (χ2v) is 4.41. The molecule has 2 heteroatoms. The molecule has 0 fully saturated rings. The highest BCUT2D eigenvalue weighted by atomic mass is 14.7. The second kappa shape index (κ2) is 4.05. The average molecular weight is 232 g/mol. The van der Waals surface area contributed by atoms with Gasteiger partial charge in [0.2, 0.25) is 0 Å². The van der Waals surface area contributed by atoms with Gasteiger partial charge < -0.3 is 4.98 Å². The maximum absolute atomic E-state index is 8.90. The molecule has 0 aliphatic rings. The number of H-pyrrole nitrogens is 1. The fraction of sp³-hybridized carbons (Fsp3) is 0.0625. The van der Waals surface area contributed by atoms with Crippen molar-refractivity contribution in [2.75, 3.05) is 0 Å². The largest absolute Gasteiger partial charge is 0.355 e. The van der Waals surface area contributed by atoms with Gasteiger partial charge in [-0.2, -0.15) is 5.26 Å². The molecule has 2 nitrogen and oxygen atoms in total. The highest BCUT2D eigenvalue weighted by molar-refractivity contribution is 5.87. The lowest BCUT2D eigenvalue weighted by Gasteiger charge is -2.01. The molecule has 0 spiro atoms. The van der Waals surface area contributed by atoms with Crippen molar-refractivity contribution < 1.29 is 0 Å². The number of nitrogens with one attached hydrogen (secondary N) is 1. The van der Waals surface area contributed by atoms with Crippen LogP contribution in [0.2, 0.25) is 0 Å². The van der Waals surface area contributed by atoms with Crippen LogP contribution in [0, 0.1) is 18.3 Å². The van der Waals surface area contributed by atoms with Crippen LogP contribution in [0.5, 0.6) is 0 Å². The van der Waals surface area contributed by atoms with Crippen LogP contribution < -0.4 is 0 Å². The molecule has 0 saturated heterocycles. The monoisotopic (exact) mass is 232 g/mol. The Balaban J connectivity index is 2.20. The Morgan fingerprint density at radius 1 is 1.06 bits per heavy atom. The SMILES string of the molecule is Cc1ccccc1-c1cc2cc(C#N)ccc2[nH]1. The van der Waals surface area contributed by atoms with Gasteiger partial charge in [-0.05, 0) is 36.8 Å². The van der Waals surface area contributed by atoms with E-state index in [-0.39, 0.29) is 0 Å². The molecule has 86 valence electrons. The minimum atomic E-state index is 0.692. The van der Waals surface area contributed by atoms with Crippen LogP contribution in [0.1, 0.15) is 11.1 Å². The normalized spacial score (nSPS) is 10.4. The maximum atomic E-state index is 8.90. The minimum absolute atomic E-state index is 0.692. The second-order valence-electron chi connectivity index (χ2n) is 4.41. The number of aromatic amines is 1. The number of aryl methyl sites for hydroxylation is 1. The number of rotatable bonds is 1. The lowest BCUT2D eigenvalue weighted by atomic mass is 10.1. The summed E-state index contributed by atoms with van der Waals surface area (Å²) in [4.78, 5) is 3.39. The smallest absolute Gasteiger partial charge is 0.0991 e. The van der Waals surface area contributed by atoms with Crippen LogP contribution in [-0.4, -0.2) is 4.98 Å². The Hall–Kier alpha value is -2.53. The van der Waals surface area contributed by atoms with Gasteiger partial charge in [0.1, 0.15) is 0 Å². The van der Waals surface area contributed by atoms with Crippen molar-refractivity contribution in [2.45, 2.75) is 6.92 Å². The summed E-state index contributed by atoms with van der Waals surface area (Å²) < 4.78 is 0. The van der Waals surface area contributed by atoms with Gasteiger partial charge in [0.25, 0.3) is 0 Å². The minimum Gasteiger partial charge on any atom is -0.355 e. The highest BCUT2D eigenvalue weighted by Gasteiger charge is 2.05. The van der Waals surface area contributed by atoms with Crippen LogP contribution >= 0.6 is 0 Å². The summed E-state index contributed by atoms with van der Waals surface area (Å²) in [6, 6.07) is 18.2. The first-order valence-corrected chi connectivity index (χ1v) is 5.87. The van der Waals surface area contributed by atoms with E-state index in [0.29, 0.717) is 5.56 Å². The molecule has 0 bridgehead atoms. The van der Waals surface area contributed by atoms with E-state index in [4.69, 9.17) is 5.26 Å². The van der Waals surface area contributed by atoms with Gasteiger partial charge in [-0.1, -0.05) is 24.3 Å². The number of nitrogens with zero attached hydrogens (tertiary/aromatic N) is 1. The molecule has 2 aromatic carbocycles. The summed E-state index contributed by atoms with van der Waals surface area (Å²) in [6.45, 7) is 2.10. The fourth-order valence-electron chi connectivity index (χ4n) is 2.22. The third-order valence-corrected chi connectivity index (χ3v) is 3.19. The predicted octanol–water partition coefficient (Wildman–Crippen LogP) is 4.02. The van der Waals surface area contributed by atoms with Crippen LogP contribution in [-0.2, 0) is 0 Å². The molecule has 0 saturated carbocycles. The number of fused-ring (bicyclic) bond motifs is 1. The van der Waals surface area contributed by atoms with E-state index in [0.717, 1.165) is 16.6 Å². The Morgan fingerprint density at radius 2 is 1.89 bits per heavy atom. The summed E-state index contributed by atoms with van der Waals surface area (Å²) in [6.07, 6.45) is 0. The van der Waals surface area contributed by atoms with E-state index in [1.807, 2.05) is 30.3 Å². The Kier molecular flexibility index (Phi) is 2.39. The summed E-state index contributed by atoms with van der Waals surface area (Å²) in [5.41, 5.74) is 5.29. The molecule has 3 rings (SSSR count). The molecule has 0 amide bonds. The van der Waals surface area contributed by atoms with Crippen molar-refractivity contribution >= 4 is 10.9 Å². The third-order valence-electron chi connectivity index (χ3n) is 3.19. The molecule has 3 aromatic rings. The molecule has 1 heterocycles. The van der Waals surface area contributed by atoms with Crippen LogP contribution in [0.15, 0.2) is 48.5 Å². The van der Waals surface area contributed by atoms with Gasteiger partial charge in [0.05, 0.1) is 11.6 Å². The lowest BCUT2D eigenvalue weighted by molar-refractivity contribution is 1.39. The zero-order valence-electron chi connectivity index (χ0n) is 10.1. The average Bonchev–Trinajstić information content (AvgIpc) is 2.81. The van der Waals surface area contributed by atoms with Crippen LogP contribution in [0.25, 0.3) is 22.2 Å². The third kappa shape index (κ3) is 1.66. The van der Waals surface area contributed by atoms with E-state index < -0.39 is 0 Å². The lowest BCUT2D eigenvalue weighted by Crippen LogP contribution is -1.81. The summed E-state index contributed by atoms with van der Waals surface area (Å²) in [5, 5.41) is 9.98. The van der Waals surface area contributed by atoms with Crippen molar-refractivity contribution in [3.8, 4) is 17.3 Å². The molecular formula is C16H12N2. The number of benzene rings is 2. The van der Waals surface area contributed by atoms with E-state index in [1.165, 1.54) is 11.1 Å². The van der Waals surface area contributed by atoms with Gasteiger partial charge in [0.15, 0.2) is 0 Å². The predicted molar refractivity (Wildman–Crippen MR) is 73.2 cm³/mol. The van der Waals surface area contributed by atoms with E-state index in [1.54, 1.807) is 0 Å². The molecule has 0 unspecified atom stereocenters. The highest BCUT2D eigenvalue weighted by Crippen LogP contribution is 2.26. The maximum Gasteiger partial charge on any atom is 0.0991 e. The first kappa shape index (κ1) is 10.6. The Bertz CT molecular complexity index is 760. The molecule has 0 aliphatic carbocycles. The zero-order chi connectivity index (χ0) is 12.5. The molecule has 0 radical (unpaired) electrons.